The molecule has 1 aliphatic carbocycles. The fourth-order valence-corrected chi connectivity index (χ4v) is 3.97. The third kappa shape index (κ3) is 2.60. The molecular weight excluding hydrogens is 286 g/mol. The first-order valence-electron chi connectivity index (χ1n) is 6.82. The molecule has 0 radical (unpaired) electrons. The molecule has 2 N–H and O–H groups in total. The van der Waals surface area contributed by atoms with Crippen LogP contribution in [0.2, 0.25) is 0 Å². The van der Waals surface area contributed by atoms with Gasteiger partial charge in [0.2, 0.25) is 10.0 Å². The Morgan fingerprint density at radius 3 is 2.48 bits per heavy atom. The van der Waals surface area contributed by atoms with E-state index in [0.717, 1.165) is 11.1 Å². The molecule has 2 aromatic rings. The van der Waals surface area contributed by atoms with Crippen molar-refractivity contribution >= 4 is 10.0 Å². The molecule has 3 rings (SSSR count). The highest BCUT2D eigenvalue weighted by atomic mass is 32.2. The van der Waals surface area contributed by atoms with Crippen LogP contribution in [0, 0.1) is 6.92 Å². The lowest BCUT2D eigenvalue weighted by Crippen LogP contribution is -2.44. The van der Waals surface area contributed by atoms with Crippen LogP contribution in [0.4, 0.5) is 0 Å². The minimum Gasteiger partial charge on any atom is -0.371 e. The molecule has 2 aromatic carbocycles. The Morgan fingerprint density at radius 2 is 1.76 bits per heavy atom. The summed E-state index contributed by atoms with van der Waals surface area (Å²) in [7, 11) is -3.76. The SMILES string of the molecule is Cc1ccc(S(=O)(=O)N[C@@]2(O)CCc3ccccc32)cc1. The van der Waals surface area contributed by atoms with E-state index in [9.17, 15) is 13.5 Å². The summed E-state index contributed by atoms with van der Waals surface area (Å²) in [6.07, 6.45) is 1.00. The van der Waals surface area contributed by atoms with E-state index in [-0.39, 0.29) is 4.90 Å². The Hall–Kier alpha value is -1.69. The van der Waals surface area contributed by atoms with Gasteiger partial charge in [-0.1, -0.05) is 42.0 Å². The molecule has 0 aliphatic heterocycles. The van der Waals surface area contributed by atoms with E-state index in [2.05, 4.69) is 4.72 Å². The lowest BCUT2D eigenvalue weighted by atomic mass is 10.1. The van der Waals surface area contributed by atoms with Gasteiger partial charge in [0, 0.05) is 5.56 Å². The number of nitrogens with one attached hydrogen (secondary N) is 1. The second-order valence-electron chi connectivity index (χ2n) is 5.44. The largest absolute Gasteiger partial charge is 0.371 e. The van der Waals surface area contributed by atoms with Crippen molar-refractivity contribution in [2.45, 2.75) is 30.4 Å². The number of benzene rings is 2. The molecule has 0 unspecified atom stereocenters. The van der Waals surface area contributed by atoms with Crippen LogP contribution in [-0.4, -0.2) is 13.5 Å². The predicted octanol–water partition coefficient (Wildman–Crippen LogP) is 2.06. The van der Waals surface area contributed by atoms with Gasteiger partial charge < -0.3 is 5.11 Å². The average molecular weight is 303 g/mol. The first-order valence-corrected chi connectivity index (χ1v) is 8.30. The number of aliphatic hydroxyl groups is 1. The molecule has 4 nitrogen and oxygen atoms in total. The smallest absolute Gasteiger partial charge is 0.243 e. The summed E-state index contributed by atoms with van der Waals surface area (Å²) in [5, 5.41) is 10.7. The van der Waals surface area contributed by atoms with Gasteiger partial charge in [0.1, 0.15) is 0 Å². The average Bonchev–Trinajstić information content (AvgIpc) is 2.77. The van der Waals surface area contributed by atoms with Crippen molar-refractivity contribution < 1.29 is 13.5 Å². The Bertz CT molecular complexity index is 768. The molecule has 21 heavy (non-hydrogen) atoms. The maximum atomic E-state index is 12.4. The maximum absolute atomic E-state index is 12.4. The molecule has 1 atom stereocenters. The number of sulfonamides is 1. The summed E-state index contributed by atoms with van der Waals surface area (Å²) in [5.74, 6) is 0. The topological polar surface area (TPSA) is 66.4 Å². The van der Waals surface area contributed by atoms with Gasteiger partial charge in [0.05, 0.1) is 4.90 Å². The third-order valence-electron chi connectivity index (χ3n) is 3.85. The Morgan fingerprint density at radius 1 is 1.10 bits per heavy atom. The quantitative estimate of drug-likeness (QED) is 0.853. The first kappa shape index (κ1) is 14.3. The molecule has 0 fully saturated rings. The van der Waals surface area contributed by atoms with E-state index in [1.54, 1.807) is 36.4 Å². The summed E-state index contributed by atoms with van der Waals surface area (Å²) >= 11 is 0. The Kier molecular flexibility index (Phi) is 3.36. The van der Waals surface area contributed by atoms with Crippen LogP contribution in [0.1, 0.15) is 23.1 Å². The monoisotopic (exact) mass is 303 g/mol. The molecule has 0 aromatic heterocycles. The van der Waals surface area contributed by atoms with E-state index in [1.165, 1.54) is 0 Å². The van der Waals surface area contributed by atoms with Gasteiger partial charge >= 0.3 is 0 Å². The molecule has 0 heterocycles. The van der Waals surface area contributed by atoms with Crippen molar-refractivity contribution in [3.05, 3.63) is 65.2 Å². The molecular formula is C16H17NO3S. The molecule has 0 spiro atoms. The van der Waals surface area contributed by atoms with Crippen LogP contribution in [0.5, 0.6) is 0 Å². The molecule has 5 heteroatoms. The van der Waals surface area contributed by atoms with Crippen LogP contribution in [0.3, 0.4) is 0 Å². The number of fused-ring (bicyclic) bond motifs is 1. The fourth-order valence-electron chi connectivity index (χ4n) is 2.70. The van der Waals surface area contributed by atoms with E-state index < -0.39 is 15.7 Å². The van der Waals surface area contributed by atoms with Crippen LogP contribution in [0.15, 0.2) is 53.4 Å². The predicted molar refractivity (Wildman–Crippen MR) is 80.2 cm³/mol. The van der Waals surface area contributed by atoms with Crippen molar-refractivity contribution in [1.82, 2.24) is 4.72 Å². The standard InChI is InChI=1S/C16H17NO3S/c1-12-6-8-14(9-7-12)21(19,20)17-16(18)11-10-13-4-2-3-5-15(13)16/h2-9,17-18H,10-11H2,1H3/t16-/m1/s1. The Balaban J connectivity index is 1.95. The number of rotatable bonds is 3. The van der Waals surface area contributed by atoms with Gasteiger partial charge in [0.15, 0.2) is 5.72 Å². The Labute approximate surface area is 124 Å². The van der Waals surface area contributed by atoms with Crippen LogP contribution in [-0.2, 0) is 22.2 Å². The van der Waals surface area contributed by atoms with Gasteiger partial charge in [-0.05, 0) is 37.5 Å². The van der Waals surface area contributed by atoms with Gasteiger partial charge in [-0.15, -0.1) is 0 Å². The van der Waals surface area contributed by atoms with Gasteiger partial charge in [-0.2, -0.15) is 4.72 Å². The van der Waals surface area contributed by atoms with Crippen molar-refractivity contribution in [3.8, 4) is 0 Å². The molecule has 0 amide bonds. The second kappa shape index (κ2) is 4.94. The number of hydrogen-bond acceptors (Lipinski definition) is 3. The zero-order valence-electron chi connectivity index (χ0n) is 11.7. The molecule has 0 saturated heterocycles. The van der Waals surface area contributed by atoms with Gasteiger partial charge in [-0.3, -0.25) is 0 Å². The summed E-state index contributed by atoms with van der Waals surface area (Å²) in [5.41, 5.74) is 1.08. The number of hydrogen-bond donors (Lipinski definition) is 2. The molecule has 0 bridgehead atoms. The maximum Gasteiger partial charge on any atom is 0.243 e. The van der Waals surface area contributed by atoms with Crippen LogP contribution in [0.25, 0.3) is 0 Å². The highest BCUT2D eigenvalue weighted by Crippen LogP contribution is 2.35. The number of aryl methyl sites for hydroxylation is 2. The highest BCUT2D eigenvalue weighted by Gasteiger charge is 2.40. The first-order chi connectivity index (χ1) is 9.91. The fraction of sp³-hybridized carbons (Fsp3) is 0.250. The highest BCUT2D eigenvalue weighted by molar-refractivity contribution is 7.89. The second-order valence-corrected chi connectivity index (χ2v) is 7.12. The lowest BCUT2D eigenvalue weighted by molar-refractivity contribution is 0.0267. The summed E-state index contributed by atoms with van der Waals surface area (Å²) in [4.78, 5) is 0.158. The zero-order chi connectivity index (χ0) is 15.1. The van der Waals surface area contributed by atoms with E-state index in [0.29, 0.717) is 18.4 Å². The van der Waals surface area contributed by atoms with Crippen molar-refractivity contribution in [2.24, 2.45) is 0 Å². The van der Waals surface area contributed by atoms with E-state index >= 15 is 0 Å². The lowest BCUT2D eigenvalue weighted by Gasteiger charge is -2.25. The van der Waals surface area contributed by atoms with Crippen LogP contribution < -0.4 is 4.72 Å². The third-order valence-corrected chi connectivity index (χ3v) is 5.35. The summed E-state index contributed by atoms with van der Waals surface area (Å²) in [6, 6.07) is 13.9. The van der Waals surface area contributed by atoms with Gasteiger partial charge in [-0.25, -0.2) is 8.42 Å². The van der Waals surface area contributed by atoms with E-state index in [1.807, 2.05) is 19.1 Å². The van der Waals surface area contributed by atoms with Crippen molar-refractivity contribution in [1.29, 1.82) is 0 Å². The van der Waals surface area contributed by atoms with E-state index in [4.69, 9.17) is 0 Å². The summed E-state index contributed by atoms with van der Waals surface area (Å²) in [6.45, 7) is 1.89. The van der Waals surface area contributed by atoms with Gasteiger partial charge in [0.25, 0.3) is 0 Å². The molecule has 0 saturated carbocycles. The van der Waals surface area contributed by atoms with Crippen LogP contribution >= 0.6 is 0 Å². The van der Waals surface area contributed by atoms with Crippen molar-refractivity contribution in [3.63, 3.8) is 0 Å². The minimum atomic E-state index is -3.76. The van der Waals surface area contributed by atoms with Crippen molar-refractivity contribution in [2.75, 3.05) is 0 Å². The normalized spacial score (nSPS) is 21.2. The summed E-state index contributed by atoms with van der Waals surface area (Å²) < 4.78 is 27.3. The molecule has 110 valence electrons. The minimum absolute atomic E-state index is 0.158. The molecule has 1 aliphatic rings. The zero-order valence-corrected chi connectivity index (χ0v) is 12.5.